The predicted octanol–water partition coefficient (Wildman–Crippen LogP) is 2.51. The van der Waals surface area contributed by atoms with Crippen molar-refractivity contribution in [3.8, 4) is 0 Å². The lowest BCUT2D eigenvalue weighted by molar-refractivity contribution is 0.223. The molecule has 0 amide bonds. The lowest BCUT2D eigenvalue weighted by atomic mass is 9.76. The van der Waals surface area contributed by atoms with E-state index in [9.17, 15) is 8.42 Å². The van der Waals surface area contributed by atoms with E-state index >= 15 is 0 Å². The molecule has 2 saturated carbocycles. The monoisotopic (exact) mass is 279 g/mol. The summed E-state index contributed by atoms with van der Waals surface area (Å²) in [5.74, 6) is 1.29. The van der Waals surface area contributed by atoms with E-state index in [1.165, 1.54) is 19.3 Å². The van der Waals surface area contributed by atoms with E-state index in [0.29, 0.717) is 24.1 Å². The minimum absolute atomic E-state index is 0.0103. The van der Waals surface area contributed by atoms with Crippen LogP contribution in [-0.2, 0) is 10.0 Å². The van der Waals surface area contributed by atoms with Crippen molar-refractivity contribution in [3.63, 3.8) is 0 Å². The Bertz CT molecular complexity index is 346. The third-order valence-electron chi connectivity index (χ3n) is 4.02. The normalized spacial score (nSPS) is 24.8. The van der Waals surface area contributed by atoms with Gasteiger partial charge in [-0.1, -0.05) is 19.3 Å². The summed E-state index contributed by atoms with van der Waals surface area (Å²) in [7, 11) is -3.07. The average Bonchev–Trinajstić information content (AvgIpc) is 3.11. The first-order valence-electron chi connectivity index (χ1n) is 6.59. The Kier molecular flexibility index (Phi) is 4.37. The van der Waals surface area contributed by atoms with E-state index in [0.717, 1.165) is 25.7 Å². The quantitative estimate of drug-likeness (QED) is 0.760. The average molecular weight is 280 g/mol. The first kappa shape index (κ1) is 13.6. The number of hydrogen-bond donors (Lipinski definition) is 1. The van der Waals surface area contributed by atoms with Gasteiger partial charge in [-0.15, -0.1) is 11.6 Å². The molecule has 100 valence electrons. The van der Waals surface area contributed by atoms with Crippen molar-refractivity contribution in [2.75, 3.05) is 18.2 Å². The molecule has 0 unspecified atom stereocenters. The first-order chi connectivity index (χ1) is 8.05. The van der Waals surface area contributed by atoms with E-state index in [1.807, 2.05) is 0 Å². The number of nitrogens with one attached hydrogen (secondary N) is 1. The molecule has 5 heteroatoms. The maximum absolute atomic E-state index is 11.8. The molecule has 17 heavy (non-hydrogen) atoms. The fraction of sp³-hybridized carbons (Fsp3) is 1.00. The Morgan fingerprint density at radius 2 is 1.82 bits per heavy atom. The summed E-state index contributed by atoms with van der Waals surface area (Å²) in [6.07, 6.45) is 7.87. The highest BCUT2D eigenvalue weighted by Gasteiger charge is 2.34. The summed E-state index contributed by atoms with van der Waals surface area (Å²) in [4.78, 5) is 0. The van der Waals surface area contributed by atoms with Crippen molar-refractivity contribution in [2.45, 2.75) is 44.9 Å². The van der Waals surface area contributed by atoms with Gasteiger partial charge < -0.3 is 0 Å². The zero-order valence-electron chi connectivity index (χ0n) is 10.3. The minimum atomic E-state index is -3.07. The molecular formula is C12H22ClNO2S. The molecule has 1 N–H and O–H groups in total. The molecule has 0 aromatic carbocycles. The van der Waals surface area contributed by atoms with Crippen LogP contribution in [0.15, 0.2) is 0 Å². The summed E-state index contributed by atoms with van der Waals surface area (Å²) < 4.78 is 26.4. The smallest absolute Gasteiger partial charge is 0.211 e. The van der Waals surface area contributed by atoms with E-state index in [4.69, 9.17) is 11.6 Å². The summed E-state index contributed by atoms with van der Waals surface area (Å²) >= 11 is 6.05. The zero-order valence-corrected chi connectivity index (χ0v) is 11.8. The van der Waals surface area contributed by atoms with Crippen molar-refractivity contribution in [3.05, 3.63) is 0 Å². The third-order valence-corrected chi connectivity index (χ3v) is 6.08. The van der Waals surface area contributed by atoms with E-state index in [-0.39, 0.29) is 5.41 Å². The second kappa shape index (κ2) is 5.45. The Hall–Kier alpha value is 0.200. The fourth-order valence-corrected chi connectivity index (χ4v) is 4.54. The molecule has 0 saturated heterocycles. The van der Waals surface area contributed by atoms with Crippen molar-refractivity contribution in [1.29, 1.82) is 0 Å². The second-order valence-corrected chi connectivity index (χ2v) is 7.86. The highest BCUT2D eigenvalue weighted by atomic mass is 35.5. The van der Waals surface area contributed by atoms with Gasteiger partial charge in [0.2, 0.25) is 10.0 Å². The van der Waals surface area contributed by atoms with Gasteiger partial charge in [0.25, 0.3) is 0 Å². The molecule has 2 aliphatic rings. The summed E-state index contributed by atoms with van der Waals surface area (Å²) in [6, 6.07) is 0. The van der Waals surface area contributed by atoms with Crippen molar-refractivity contribution in [1.82, 2.24) is 4.72 Å². The highest BCUT2D eigenvalue weighted by Crippen LogP contribution is 2.37. The molecule has 0 radical (unpaired) electrons. The van der Waals surface area contributed by atoms with Crippen LogP contribution in [0.2, 0.25) is 0 Å². The summed E-state index contributed by atoms with van der Waals surface area (Å²) in [6.45, 7) is 0.533. The maximum atomic E-state index is 11.8. The van der Waals surface area contributed by atoms with Crippen LogP contribution in [0.25, 0.3) is 0 Å². The molecule has 0 aromatic rings. The van der Waals surface area contributed by atoms with E-state index in [1.54, 1.807) is 0 Å². The van der Waals surface area contributed by atoms with E-state index < -0.39 is 10.0 Å². The van der Waals surface area contributed by atoms with Crippen LogP contribution in [0.3, 0.4) is 0 Å². The lowest BCUT2D eigenvalue weighted by Crippen LogP contribution is -2.41. The van der Waals surface area contributed by atoms with Crippen LogP contribution < -0.4 is 4.72 Å². The highest BCUT2D eigenvalue weighted by molar-refractivity contribution is 7.89. The van der Waals surface area contributed by atoms with Crippen LogP contribution >= 0.6 is 11.6 Å². The Morgan fingerprint density at radius 3 is 2.35 bits per heavy atom. The van der Waals surface area contributed by atoms with Crippen molar-refractivity contribution >= 4 is 21.6 Å². The van der Waals surface area contributed by atoms with E-state index in [2.05, 4.69) is 4.72 Å². The molecule has 0 spiro atoms. The van der Waals surface area contributed by atoms with Crippen LogP contribution in [0.4, 0.5) is 0 Å². The van der Waals surface area contributed by atoms with Gasteiger partial charge in [0, 0.05) is 12.4 Å². The van der Waals surface area contributed by atoms with Gasteiger partial charge in [0.05, 0.1) is 5.75 Å². The molecular weight excluding hydrogens is 258 g/mol. The first-order valence-corrected chi connectivity index (χ1v) is 8.77. The fourth-order valence-electron chi connectivity index (χ4n) is 2.58. The second-order valence-electron chi connectivity index (χ2n) is 5.74. The SMILES string of the molecule is O=S(=O)(CC1CC1)NCC1(CCl)CCCCC1. The predicted molar refractivity (Wildman–Crippen MR) is 70.8 cm³/mol. The molecule has 3 nitrogen and oxygen atoms in total. The molecule has 2 rings (SSSR count). The summed E-state index contributed by atoms with van der Waals surface area (Å²) in [5, 5.41) is 0. The number of rotatable bonds is 6. The van der Waals surface area contributed by atoms with Gasteiger partial charge in [0.1, 0.15) is 0 Å². The Labute approximate surface area is 109 Å². The molecule has 2 aliphatic carbocycles. The molecule has 0 aromatic heterocycles. The van der Waals surface area contributed by atoms with Gasteiger partial charge in [-0.2, -0.15) is 0 Å². The van der Waals surface area contributed by atoms with Gasteiger partial charge in [-0.25, -0.2) is 13.1 Å². The van der Waals surface area contributed by atoms with Crippen LogP contribution in [0.5, 0.6) is 0 Å². The lowest BCUT2D eigenvalue weighted by Gasteiger charge is -2.35. The van der Waals surface area contributed by atoms with Crippen LogP contribution in [-0.4, -0.2) is 26.6 Å². The molecule has 2 fully saturated rings. The van der Waals surface area contributed by atoms with Crippen molar-refractivity contribution in [2.24, 2.45) is 11.3 Å². The van der Waals surface area contributed by atoms with Crippen molar-refractivity contribution < 1.29 is 8.42 Å². The van der Waals surface area contributed by atoms with Crippen LogP contribution in [0.1, 0.15) is 44.9 Å². The zero-order chi connectivity index (χ0) is 12.4. The van der Waals surface area contributed by atoms with Gasteiger partial charge in [-0.3, -0.25) is 0 Å². The standard InChI is InChI=1S/C12H22ClNO2S/c13-9-12(6-2-1-3-7-12)10-14-17(15,16)8-11-4-5-11/h11,14H,1-10H2. The number of halogens is 1. The molecule has 0 heterocycles. The van der Waals surface area contributed by atoms with Crippen LogP contribution in [0, 0.1) is 11.3 Å². The molecule has 0 aliphatic heterocycles. The topological polar surface area (TPSA) is 46.2 Å². The molecule has 0 atom stereocenters. The number of alkyl halides is 1. The minimum Gasteiger partial charge on any atom is -0.215 e. The summed E-state index contributed by atoms with van der Waals surface area (Å²) in [5.41, 5.74) is 0.0103. The van der Waals surface area contributed by atoms with Gasteiger partial charge in [-0.05, 0) is 37.0 Å². The Balaban J connectivity index is 1.85. The Morgan fingerprint density at radius 1 is 1.18 bits per heavy atom. The number of sulfonamides is 1. The largest absolute Gasteiger partial charge is 0.215 e. The maximum Gasteiger partial charge on any atom is 0.211 e. The molecule has 0 bridgehead atoms. The third kappa shape index (κ3) is 4.11. The van der Waals surface area contributed by atoms with Gasteiger partial charge >= 0.3 is 0 Å². The van der Waals surface area contributed by atoms with Gasteiger partial charge in [0.15, 0.2) is 0 Å². The number of hydrogen-bond acceptors (Lipinski definition) is 2.